The molecule has 6 rings (SSSR count). The zero-order valence-electron chi connectivity index (χ0n) is 21.7. The number of aryl methyl sites for hydroxylation is 1. The average Bonchev–Trinajstić information content (AvgIpc) is 3.59. The lowest BCUT2D eigenvalue weighted by atomic mass is 10.0. The third-order valence-electron chi connectivity index (χ3n) is 6.67. The van der Waals surface area contributed by atoms with Crippen molar-refractivity contribution in [3.63, 3.8) is 0 Å². The molecule has 210 valence electrons. The van der Waals surface area contributed by atoms with Crippen molar-refractivity contribution < 1.29 is 27.1 Å². The molecule has 0 radical (unpaired) electrons. The highest BCUT2D eigenvalue weighted by Gasteiger charge is 2.32. The molecule has 1 fully saturated rings. The van der Waals surface area contributed by atoms with Crippen molar-refractivity contribution in [3.05, 3.63) is 83.9 Å². The summed E-state index contributed by atoms with van der Waals surface area (Å²) in [7, 11) is 1.72. The van der Waals surface area contributed by atoms with Crippen LogP contribution in [0.15, 0.2) is 71.3 Å². The van der Waals surface area contributed by atoms with Crippen LogP contribution in [0, 0.1) is 0 Å². The van der Waals surface area contributed by atoms with Crippen molar-refractivity contribution in [3.8, 4) is 17.2 Å². The number of halogens is 3. The molecule has 0 aliphatic carbocycles. The number of aromatic nitrogens is 6. The minimum atomic E-state index is -4.82. The molecule has 1 amide bonds. The Labute approximate surface area is 231 Å². The molecule has 1 atom stereocenters. The van der Waals surface area contributed by atoms with Crippen LogP contribution in [0.4, 0.5) is 13.2 Å². The van der Waals surface area contributed by atoms with Gasteiger partial charge in [-0.3, -0.25) is 14.7 Å². The van der Waals surface area contributed by atoms with Crippen LogP contribution in [0.25, 0.3) is 22.6 Å². The normalized spacial score (nSPS) is 15.3. The molecule has 0 N–H and O–H groups in total. The van der Waals surface area contributed by atoms with Gasteiger partial charge in [-0.2, -0.15) is 4.80 Å². The first-order valence-electron chi connectivity index (χ1n) is 12.7. The van der Waals surface area contributed by atoms with Crippen LogP contribution < -0.4 is 4.74 Å². The number of oxazole rings is 1. The zero-order chi connectivity index (χ0) is 28.6. The molecule has 11 nitrogen and oxygen atoms in total. The van der Waals surface area contributed by atoms with Crippen molar-refractivity contribution in [2.45, 2.75) is 12.4 Å². The third-order valence-corrected chi connectivity index (χ3v) is 6.67. The maximum Gasteiger partial charge on any atom is 0.573 e. The molecule has 2 aromatic carbocycles. The Balaban J connectivity index is 1.17. The van der Waals surface area contributed by atoms with Crippen LogP contribution in [0.1, 0.15) is 27.9 Å². The average molecular weight is 565 g/mol. The summed E-state index contributed by atoms with van der Waals surface area (Å²) in [6.07, 6.45) is -3.35. The Morgan fingerprint density at radius 1 is 1.02 bits per heavy atom. The number of nitrogens with zero attached hydrogens (tertiary/aromatic N) is 8. The minimum absolute atomic E-state index is 0.146. The van der Waals surface area contributed by atoms with E-state index in [1.54, 1.807) is 24.1 Å². The number of hydrogen-bond acceptors (Lipinski definition) is 9. The second kappa shape index (κ2) is 10.6. The summed E-state index contributed by atoms with van der Waals surface area (Å²) in [5.74, 6) is 0.0763. The van der Waals surface area contributed by atoms with Gasteiger partial charge in [-0.05, 0) is 35.0 Å². The van der Waals surface area contributed by atoms with Crippen LogP contribution in [-0.2, 0) is 7.05 Å². The second-order valence-corrected chi connectivity index (χ2v) is 9.40. The highest BCUT2D eigenvalue weighted by molar-refractivity contribution is 5.93. The molecular weight excluding hydrogens is 541 g/mol. The smallest absolute Gasteiger partial charge is 0.436 e. The standard InChI is InChI=1S/C27H23F3N8O3/c1-36-34-24(33-35-36)23(17-5-3-2-4-6-17)37-11-13-38(14-12-37)26(39)21-15-18(9-10-31-21)25-32-20-16-19(41-27(28,29)30)7-8-22(20)40-25/h2-10,15-16,23H,11-14H2,1H3/t23-/m1/s1. The van der Waals surface area contributed by atoms with Gasteiger partial charge in [0.2, 0.25) is 5.89 Å². The van der Waals surface area contributed by atoms with Gasteiger partial charge in [-0.1, -0.05) is 30.3 Å². The zero-order valence-corrected chi connectivity index (χ0v) is 21.7. The van der Waals surface area contributed by atoms with E-state index in [1.807, 2.05) is 30.3 Å². The Bertz CT molecular complexity index is 1680. The number of tetrazole rings is 1. The first kappa shape index (κ1) is 26.4. The van der Waals surface area contributed by atoms with E-state index >= 15 is 0 Å². The quantitative estimate of drug-likeness (QED) is 0.303. The number of carbonyl (C=O) groups is 1. The Kier molecular flexibility index (Phi) is 6.83. The molecule has 3 aromatic heterocycles. The van der Waals surface area contributed by atoms with Gasteiger partial charge in [0, 0.05) is 44.0 Å². The van der Waals surface area contributed by atoms with E-state index in [2.05, 4.69) is 35.0 Å². The highest BCUT2D eigenvalue weighted by Crippen LogP contribution is 2.30. The summed E-state index contributed by atoms with van der Waals surface area (Å²) in [6.45, 7) is 2.08. The molecule has 41 heavy (non-hydrogen) atoms. The fourth-order valence-electron chi connectivity index (χ4n) is 4.82. The van der Waals surface area contributed by atoms with Gasteiger partial charge in [-0.25, -0.2) is 4.98 Å². The van der Waals surface area contributed by atoms with Crippen molar-refractivity contribution in [2.75, 3.05) is 26.2 Å². The van der Waals surface area contributed by atoms with Crippen LogP contribution in [0.2, 0.25) is 0 Å². The van der Waals surface area contributed by atoms with Crippen molar-refractivity contribution >= 4 is 17.0 Å². The fraction of sp³-hybridized carbons (Fsp3) is 0.259. The molecule has 4 heterocycles. The largest absolute Gasteiger partial charge is 0.573 e. The maximum absolute atomic E-state index is 13.4. The van der Waals surface area contributed by atoms with Gasteiger partial charge in [0.05, 0.1) is 13.1 Å². The van der Waals surface area contributed by atoms with Gasteiger partial charge in [0.25, 0.3) is 5.91 Å². The van der Waals surface area contributed by atoms with Crippen molar-refractivity contribution in [1.82, 2.24) is 40.0 Å². The Hall–Kier alpha value is -4.85. The lowest BCUT2D eigenvalue weighted by molar-refractivity contribution is -0.274. The van der Waals surface area contributed by atoms with E-state index < -0.39 is 12.1 Å². The van der Waals surface area contributed by atoms with Crippen LogP contribution >= 0.6 is 0 Å². The molecule has 14 heteroatoms. The van der Waals surface area contributed by atoms with Gasteiger partial charge in [-0.15, -0.1) is 23.4 Å². The summed E-state index contributed by atoms with van der Waals surface area (Å²) >= 11 is 0. The lowest BCUT2D eigenvalue weighted by Gasteiger charge is -2.38. The number of pyridine rings is 1. The number of ether oxygens (including phenoxy) is 1. The number of fused-ring (bicyclic) bond motifs is 1. The Morgan fingerprint density at radius 3 is 2.51 bits per heavy atom. The first-order chi connectivity index (χ1) is 19.7. The van der Waals surface area contributed by atoms with Crippen LogP contribution in [0.5, 0.6) is 5.75 Å². The van der Waals surface area contributed by atoms with Crippen LogP contribution in [-0.4, -0.2) is 78.4 Å². The Morgan fingerprint density at radius 2 is 1.80 bits per heavy atom. The SMILES string of the molecule is Cn1nnc([C@@H](c2ccccc2)N2CCN(C(=O)c3cc(-c4nc5cc(OC(F)(F)F)ccc5o4)ccn3)CC2)n1. The van der Waals surface area contributed by atoms with Gasteiger partial charge in [0.15, 0.2) is 11.4 Å². The van der Waals surface area contributed by atoms with Crippen LogP contribution in [0.3, 0.4) is 0 Å². The molecule has 5 aromatic rings. The van der Waals surface area contributed by atoms with Crippen molar-refractivity contribution in [2.24, 2.45) is 7.05 Å². The van der Waals surface area contributed by atoms with E-state index in [-0.39, 0.29) is 34.6 Å². The highest BCUT2D eigenvalue weighted by atomic mass is 19.4. The molecule has 0 saturated carbocycles. The second-order valence-electron chi connectivity index (χ2n) is 9.40. The van der Waals surface area contributed by atoms with E-state index in [4.69, 9.17) is 4.42 Å². The summed E-state index contributed by atoms with van der Waals surface area (Å²) in [6, 6.07) is 16.5. The van der Waals surface area contributed by atoms with Gasteiger partial charge < -0.3 is 14.1 Å². The molecule has 1 aliphatic heterocycles. The molecule has 1 saturated heterocycles. The summed E-state index contributed by atoms with van der Waals surface area (Å²) < 4.78 is 47.4. The number of amides is 1. The number of alkyl halides is 3. The molecular formula is C27H23F3N8O3. The molecule has 1 aliphatic rings. The van der Waals surface area contributed by atoms with E-state index in [0.717, 1.165) is 17.7 Å². The van der Waals surface area contributed by atoms with E-state index in [1.165, 1.54) is 17.1 Å². The van der Waals surface area contributed by atoms with E-state index in [0.29, 0.717) is 37.6 Å². The minimum Gasteiger partial charge on any atom is -0.436 e. The van der Waals surface area contributed by atoms with E-state index in [9.17, 15) is 18.0 Å². The summed E-state index contributed by atoms with van der Waals surface area (Å²) in [4.78, 5) is 27.3. The summed E-state index contributed by atoms with van der Waals surface area (Å²) in [5.41, 5.74) is 2.17. The lowest BCUT2D eigenvalue weighted by Crippen LogP contribution is -2.50. The predicted octanol–water partition coefficient (Wildman–Crippen LogP) is 3.86. The first-order valence-corrected chi connectivity index (χ1v) is 12.7. The maximum atomic E-state index is 13.4. The monoisotopic (exact) mass is 564 g/mol. The number of rotatable bonds is 6. The number of piperazine rings is 1. The molecule has 0 spiro atoms. The summed E-state index contributed by atoms with van der Waals surface area (Å²) in [5, 5.41) is 12.7. The number of carbonyl (C=O) groups excluding carboxylic acids is 1. The molecule has 0 bridgehead atoms. The fourth-order valence-corrected chi connectivity index (χ4v) is 4.82. The number of benzene rings is 2. The van der Waals surface area contributed by atoms with Crippen molar-refractivity contribution in [1.29, 1.82) is 0 Å². The number of hydrogen-bond donors (Lipinski definition) is 0. The third kappa shape index (κ3) is 5.72. The van der Waals surface area contributed by atoms with Gasteiger partial charge >= 0.3 is 6.36 Å². The molecule has 0 unspecified atom stereocenters. The topological polar surface area (TPSA) is 115 Å². The predicted molar refractivity (Wildman–Crippen MR) is 138 cm³/mol. The van der Waals surface area contributed by atoms with Gasteiger partial charge in [0.1, 0.15) is 17.0 Å².